The first-order valence-corrected chi connectivity index (χ1v) is 10.5. The van der Waals surface area contributed by atoms with Crippen LogP contribution in [0.15, 0.2) is 72.3 Å². The van der Waals surface area contributed by atoms with Crippen molar-refractivity contribution in [2.75, 3.05) is 4.90 Å². The van der Waals surface area contributed by atoms with E-state index in [4.69, 9.17) is 27.9 Å². The van der Waals surface area contributed by atoms with Crippen LogP contribution in [0, 0.1) is 0 Å². The zero-order valence-electron chi connectivity index (χ0n) is 16.9. The summed E-state index contributed by atoms with van der Waals surface area (Å²) in [5.74, 6) is -1.24. The molecule has 0 saturated carbocycles. The summed E-state index contributed by atoms with van der Waals surface area (Å²) in [6, 6.07) is 16.5. The lowest BCUT2D eigenvalue weighted by Gasteiger charge is -2.26. The summed E-state index contributed by atoms with van der Waals surface area (Å²) in [5, 5.41) is 12.6. The first-order valence-electron chi connectivity index (χ1n) is 9.70. The lowest BCUT2D eigenvalue weighted by Crippen LogP contribution is -2.54. The summed E-state index contributed by atoms with van der Waals surface area (Å²) >= 11 is 12.1. The topological polar surface area (TPSA) is 95.9 Å². The highest BCUT2D eigenvalue weighted by atomic mass is 35.5. The Balaban J connectivity index is 1.63. The molecule has 0 bridgehead atoms. The first-order chi connectivity index (χ1) is 15.8. The van der Waals surface area contributed by atoms with Gasteiger partial charge in [0, 0.05) is 21.2 Å². The van der Waals surface area contributed by atoms with Gasteiger partial charge in [-0.2, -0.15) is 0 Å². The monoisotopic (exact) mass is 482 g/mol. The molecule has 9 heteroatoms. The fraction of sp³-hybridized carbons (Fsp3) is 0.0417. The van der Waals surface area contributed by atoms with E-state index in [1.54, 1.807) is 42.5 Å². The van der Waals surface area contributed by atoms with Crippen molar-refractivity contribution in [2.24, 2.45) is 0 Å². The van der Waals surface area contributed by atoms with Crippen molar-refractivity contribution in [3.8, 4) is 11.5 Å². The summed E-state index contributed by atoms with van der Waals surface area (Å²) in [6.07, 6.45) is 1.36. The number of para-hydroxylation sites is 1. The van der Waals surface area contributed by atoms with E-state index in [9.17, 15) is 19.5 Å². The maximum atomic E-state index is 13.0. The minimum atomic E-state index is -0.880. The third-order valence-electron chi connectivity index (χ3n) is 4.83. The number of phenols is 1. The number of nitrogens with one attached hydrogen (secondary N) is 1. The Labute approximate surface area is 198 Å². The van der Waals surface area contributed by atoms with Gasteiger partial charge in [-0.25, -0.2) is 9.69 Å². The van der Waals surface area contributed by atoms with Gasteiger partial charge in [0.05, 0.1) is 5.69 Å². The Morgan fingerprint density at radius 3 is 2.42 bits per heavy atom. The molecule has 1 aliphatic rings. The van der Waals surface area contributed by atoms with Crippen LogP contribution in [-0.2, 0) is 16.2 Å². The number of hydrogen-bond donors (Lipinski definition) is 2. The number of halogens is 2. The van der Waals surface area contributed by atoms with Crippen molar-refractivity contribution >= 4 is 52.8 Å². The smallest absolute Gasteiger partial charge is 0.335 e. The summed E-state index contributed by atoms with van der Waals surface area (Å²) in [5.41, 5.74) is 1.12. The summed E-state index contributed by atoms with van der Waals surface area (Å²) in [6.45, 7) is 0.133. The normalized spacial score (nSPS) is 15.0. The molecule has 1 heterocycles. The zero-order chi connectivity index (χ0) is 23.5. The van der Waals surface area contributed by atoms with Crippen LogP contribution >= 0.6 is 23.2 Å². The second-order valence-electron chi connectivity index (χ2n) is 7.04. The van der Waals surface area contributed by atoms with Gasteiger partial charge >= 0.3 is 6.03 Å². The van der Waals surface area contributed by atoms with Gasteiger partial charge in [0.1, 0.15) is 23.7 Å². The van der Waals surface area contributed by atoms with Crippen LogP contribution in [-0.4, -0.2) is 23.0 Å². The van der Waals surface area contributed by atoms with Gasteiger partial charge < -0.3 is 9.84 Å². The van der Waals surface area contributed by atoms with E-state index in [-0.39, 0.29) is 23.6 Å². The van der Waals surface area contributed by atoms with Crippen LogP contribution in [0.4, 0.5) is 10.5 Å². The van der Waals surface area contributed by atoms with Crippen LogP contribution in [0.3, 0.4) is 0 Å². The zero-order valence-corrected chi connectivity index (χ0v) is 18.4. The van der Waals surface area contributed by atoms with Gasteiger partial charge in [-0.15, -0.1) is 0 Å². The van der Waals surface area contributed by atoms with Gasteiger partial charge in [-0.3, -0.25) is 14.9 Å². The van der Waals surface area contributed by atoms with Gasteiger partial charge in [0.25, 0.3) is 11.8 Å². The van der Waals surface area contributed by atoms with Crippen LogP contribution in [0.25, 0.3) is 6.08 Å². The number of carbonyl (C=O) groups is 3. The molecule has 1 fully saturated rings. The van der Waals surface area contributed by atoms with Crippen LogP contribution in [0.5, 0.6) is 11.5 Å². The Morgan fingerprint density at radius 2 is 1.70 bits per heavy atom. The maximum absolute atomic E-state index is 13.0. The number of carbonyl (C=O) groups excluding carboxylic acids is 3. The van der Waals surface area contributed by atoms with Crippen molar-refractivity contribution < 1.29 is 24.2 Å². The van der Waals surface area contributed by atoms with E-state index in [0.717, 1.165) is 4.90 Å². The standard InChI is InChI=1S/C24H16Cl2N2O5/c25-16-6-5-15(20(26)12-16)13-33-21-4-2-1-3-14(21)11-19-22(30)27-24(32)28(23(19)31)17-7-9-18(29)10-8-17/h1-12,29H,13H2,(H,27,30,32)/b19-11+. The summed E-state index contributed by atoms with van der Waals surface area (Å²) in [7, 11) is 0. The van der Waals surface area contributed by atoms with E-state index in [1.807, 2.05) is 0 Å². The molecule has 2 N–H and O–H groups in total. The maximum Gasteiger partial charge on any atom is 0.335 e. The number of rotatable bonds is 5. The molecule has 3 aromatic carbocycles. The highest BCUT2D eigenvalue weighted by Crippen LogP contribution is 2.28. The fourth-order valence-electron chi connectivity index (χ4n) is 3.17. The average molecular weight is 483 g/mol. The number of anilines is 1. The molecule has 0 atom stereocenters. The number of amides is 4. The molecule has 0 spiro atoms. The number of imide groups is 2. The second kappa shape index (κ2) is 9.36. The minimum absolute atomic E-state index is 0.0256. The molecule has 3 aromatic rings. The van der Waals surface area contributed by atoms with E-state index in [2.05, 4.69) is 5.32 Å². The molecule has 0 aromatic heterocycles. The molecule has 4 amide bonds. The van der Waals surface area contributed by atoms with Gasteiger partial charge in [-0.1, -0.05) is 47.5 Å². The van der Waals surface area contributed by atoms with E-state index >= 15 is 0 Å². The Kier molecular flexibility index (Phi) is 6.35. The molecule has 0 aliphatic carbocycles. The summed E-state index contributed by atoms with van der Waals surface area (Å²) in [4.78, 5) is 38.6. The predicted octanol–water partition coefficient (Wildman–Crippen LogP) is 4.94. The van der Waals surface area contributed by atoms with Crippen molar-refractivity contribution in [1.29, 1.82) is 0 Å². The molecule has 0 radical (unpaired) electrons. The highest BCUT2D eigenvalue weighted by Gasteiger charge is 2.37. The van der Waals surface area contributed by atoms with Gasteiger partial charge in [-0.05, 0) is 48.5 Å². The largest absolute Gasteiger partial charge is 0.508 e. The van der Waals surface area contributed by atoms with Crippen LogP contribution in [0.2, 0.25) is 10.0 Å². The SMILES string of the molecule is O=C1NC(=O)N(c2ccc(O)cc2)C(=O)/C1=C/c1ccccc1OCc1ccc(Cl)cc1Cl. The van der Waals surface area contributed by atoms with Crippen LogP contribution < -0.4 is 15.0 Å². The molecule has 33 heavy (non-hydrogen) atoms. The number of aromatic hydroxyl groups is 1. The molecule has 4 rings (SSSR count). The van der Waals surface area contributed by atoms with Crippen molar-refractivity contribution in [2.45, 2.75) is 6.61 Å². The number of hydrogen-bond acceptors (Lipinski definition) is 5. The quantitative estimate of drug-likeness (QED) is 0.396. The summed E-state index contributed by atoms with van der Waals surface area (Å²) < 4.78 is 5.88. The fourth-order valence-corrected chi connectivity index (χ4v) is 3.64. The molecular weight excluding hydrogens is 467 g/mol. The first kappa shape index (κ1) is 22.4. The Hall–Kier alpha value is -3.81. The average Bonchev–Trinajstić information content (AvgIpc) is 2.78. The third kappa shape index (κ3) is 4.84. The molecule has 0 unspecified atom stereocenters. The third-order valence-corrected chi connectivity index (χ3v) is 5.41. The number of ether oxygens (including phenoxy) is 1. The highest BCUT2D eigenvalue weighted by molar-refractivity contribution is 6.39. The van der Waals surface area contributed by atoms with Crippen LogP contribution in [0.1, 0.15) is 11.1 Å². The molecule has 166 valence electrons. The van der Waals surface area contributed by atoms with Crippen molar-refractivity contribution in [3.05, 3.63) is 93.5 Å². The lowest BCUT2D eigenvalue weighted by molar-refractivity contribution is -0.122. The van der Waals surface area contributed by atoms with E-state index in [0.29, 0.717) is 26.9 Å². The van der Waals surface area contributed by atoms with Gasteiger partial charge in [0.15, 0.2) is 0 Å². The van der Waals surface area contributed by atoms with Gasteiger partial charge in [0.2, 0.25) is 0 Å². The number of urea groups is 1. The molecular formula is C24H16Cl2N2O5. The Bertz CT molecular complexity index is 1290. The van der Waals surface area contributed by atoms with Crippen molar-refractivity contribution in [3.63, 3.8) is 0 Å². The molecule has 7 nitrogen and oxygen atoms in total. The number of benzene rings is 3. The van der Waals surface area contributed by atoms with E-state index in [1.165, 1.54) is 30.3 Å². The number of phenolic OH excluding ortho intramolecular Hbond substituents is 1. The lowest BCUT2D eigenvalue weighted by atomic mass is 10.1. The molecule has 1 aliphatic heterocycles. The number of barbiturate groups is 1. The predicted molar refractivity (Wildman–Crippen MR) is 124 cm³/mol. The number of nitrogens with zero attached hydrogens (tertiary/aromatic N) is 1. The minimum Gasteiger partial charge on any atom is -0.508 e. The van der Waals surface area contributed by atoms with Crippen molar-refractivity contribution in [1.82, 2.24) is 5.32 Å². The Morgan fingerprint density at radius 1 is 0.970 bits per heavy atom. The van der Waals surface area contributed by atoms with E-state index < -0.39 is 17.8 Å². The molecule has 1 saturated heterocycles. The second-order valence-corrected chi connectivity index (χ2v) is 7.88.